The van der Waals surface area contributed by atoms with E-state index in [2.05, 4.69) is 10.5 Å². The van der Waals surface area contributed by atoms with Crippen LogP contribution in [0.5, 0.6) is 0 Å². The van der Waals surface area contributed by atoms with E-state index in [-0.39, 0.29) is 6.54 Å². The number of halogens is 2. The summed E-state index contributed by atoms with van der Waals surface area (Å²) >= 11 is 12.2. The molecule has 0 aliphatic carbocycles. The van der Waals surface area contributed by atoms with Gasteiger partial charge in [-0.3, -0.25) is 9.10 Å². The van der Waals surface area contributed by atoms with E-state index in [1.54, 1.807) is 36.4 Å². The van der Waals surface area contributed by atoms with Gasteiger partial charge < -0.3 is 4.57 Å². The Hall–Kier alpha value is -2.81. The second kappa shape index (κ2) is 9.99. The van der Waals surface area contributed by atoms with E-state index in [0.717, 1.165) is 38.8 Å². The average molecular weight is 507 g/mol. The molecule has 2 aromatic carbocycles. The molecule has 0 unspecified atom stereocenters. The molecule has 0 bridgehead atoms. The van der Waals surface area contributed by atoms with Crippen molar-refractivity contribution in [2.75, 3.05) is 17.1 Å². The molecule has 10 heteroatoms. The van der Waals surface area contributed by atoms with E-state index >= 15 is 0 Å². The topological polar surface area (TPSA) is 83.8 Å². The first-order valence-electron chi connectivity index (χ1n) is 9.98. The van der Waals surface area contributed by atoms with Gasteiger partial charge in [-0.15, -0.1) is 0 Å². The minimum absolute atomic E-state index is 0.387. The summed E-state index contributed by atoms with van der Waals surface area (Å²) in [6.07, 6.45) is 2.58. The van der Waals surface area contributed by atoms with Crippen LogP contribution < -0.4 is 9.73 Å². The molecule has 0 spiro atoms. The Morgan fingerprint density at radius 3 is 2.33 bits per heavy atom. The summed E-state index contributed by atoms with van der Waals surface area (Å²) in [5.74, 6) is -0.560. The molecule has 0 fully saturated rings. The summed E-state index contributed by atoms with van der Waals surface area (Å²) in [5.41, 5.74) is 7.28. The number of benzene rings is 2. The molecule has 3 aromatic rings. The average Bonchev–Trinajstić information content (AvgIpc) is 3.01. The van der Waals surface area contributed by atoms with Gasteiger partial charge in [-0.2, -0.15) is 5.10 Å². The predicted octanol–water partition coefficient (Wildman–Crippen LogP) is 4.63. The van der Waals surface area contributed by atoms with Crippen LogP contribution in [0.1, 0.15) is 22.5 Å². The zero-order valence-corrected chi connectivity index (χ0v) is 21.0. The van der Waals surface area contributed by atoms with Crippen LogP contribution >= 0.6 is 23.2 Å². The van der Waals surface area contributed by atoms with E-state index in [1.165, 1.54) is 6.21 Å². The number of hydrogen-bond donors (Lipinski definition) is 1. The second-order valence-corrected chi connectivity index (χ2v) is 10.4. The van der Waals surface area contributed by atoms with Crippen molar-refractivity contribution in [3.8, 4) is 5.69 Å². The minimum Gasteiger partial charge on any atom is -0.318 e. The van der Waals surface area contributed by atoms with Crippen molar-refractivity contribution in [3.63, 3.8) is 0 Å². The molecule has 1 aromatic heterocycles. The van der Waals surface area contributed by atoms with Gasteiger partial charge in [0.2, 0.25) is 10.0 Å². The first kappa shape index (κ1) is 24.8. The van der Waals surface area contributed by atoms with E-state index in [4.69, 9.17) is 23.2 Å². The zero-order chi connectivity index (χ0) is 24.3. The van der Waals surface area contributed by atoms with Crippen molar-refractivity contribution >= 4 is 51.0 Å². The Morgan fingerprint density at radius 2 is 1.73 bits per heavy atom. The van der Waals surface area contributed by atoms with Gasteiger partial charge in [-0.25, -0.2) is 13.8 Å². The number of nitrogens with zero attached hydrogens (tertiary/aromatic N) is 3. The highest BCUT2D eigenvalue weighted by Gasteiger charge is 2.20. The fourth-order valence-electron chi connectivity index (χ4n) is 3.39. The standard InChI is InChI=1S/C23H24Cl2N4O3S/c1-15-5-7-19(8-6-15)28(33(4,31)32)14-23(30)27-26-13-18-11-16(2)29(17(18)3)20-9-10-21(24)22(25)12-20/h5-13H,14H2,1-4H3,(H,27,30)/b26-13+. The monoisotopic (exact) mass is 506 g/mol. The Balaban J connectivity index is 1.75. The summed E-state index contributed by atoms with van der Waals surface area (Å²) in [4.78, 5) is 12.4. The predicted molar refractivity (Wildman–Crippen MR) is 134 cm³/mol. The number of carbonyl (C=O) groups is 1. The number of amides is 1. The summed E-state index contributed by atoms with van der Waals surface area (Å²) in [7, 11) is -3.65. The van der Waals surface area contributed by atoms with E-state index in [9.17, 15) is 13.2 Å². The Kier molecular flexibility index (Phi) is 7.51. The lowest BCUT2D eigenvalue weighted by atomic mass is 10.2. The Bertz CT molecular complexity index is 1320. The number of aromatic nitrogens is 1. The third kappa shape index (κ3) is 5.96. The van der Waals surface area contributed by atoms with Crippen molar-refractivity contribution in [2.45, 2.75) is 20.8 Å². The maximum absolute atomic E-state index is 12.4. The van der Waals surface area contributed by atoms with Crippen molar-refractivity contribution in [3.05, 3.63) is 81.1 Å². The normalized spacial score (nSPS) is 11.7. The summed E-state index contributed by atoms with van der Waals surface area (Å²) in [6, 6.07) is 14.2. The molecule has 174 valence electrons. The van der Waals surface area contributed by atoms with E-state index in [0.29, 0.717) is 15.7 Å². The molecule has 0 aliphatic rings. The summed E-state index contributed by atoms with van der Waals surface area (Å²) in [6.45, 7) is 5.37. The fraction of sp³-hybridized carbons (Fsp3) is 0.217. The van der Waals surface area contributed by atoms with Gasteiger partial charge in [0.25, 0.3) is 5.91 Å². The van der Waals surface area contributed by atoms with Gasteiger partial charge in [0, 0.05) is 22.6 Å². The molecule has 0 saturated heterocycles. The van der Waals surface area contributed by atoms with Crippen LogP contribution in [0, 0.1) is 20.8 Å². The van der Waals surface area contributed by atoms with Crippen molar-refractivity contribution in [1.82, 2.24) is 9.99 Å². The van der Waals surface area contributed by atoms with Gasteiger partial charge in [0.05, 0.1) is 28.2 Å². The third-order valence-corrected chi connectivity index (χ3v) is 6.91. The summed E-state index contributed by atoms with van der Waals surface area (Å²) < 4.78 is 27.4. The number of hydrogen-bond acceptors (Lipinski definition) is 4. The SMILES string of the molecule is Cc1ccc(N(CC(=O)N/N=C/c2cc(C)n(-c3ccc(Cl)c(Cl)c3)c2C)S(C)(=O)=O)cc1. The molecule has 0 saturated carbocycles. The molecular weight excluding hydrogens is 483 g/mol. The lowest BCUT2D eigenvalue weighted by Gasteiger charge is -2.21. The smallest absolute Gasteiger partial charge is 0.260 e. The van der Waals surface area contributed by atoms with Crippen LogP contribution in [0.3, 0.4) is 0 Å². The van der Waals surface area contributed by atoms with Gasteiger partial charge in [-0.1, -0.05) is 40.9 Å². The van der Waals surface area contributed by atoms with E-state index in [1.807, 2.05) is 37.5 Å². The minimum atomic E-state index is -3.65. The zero-order valence-electron chi connectivity index (χ0n) is 18.6. The van der Waals surface area contributed by atoms with Crippen LogP contribution in [0.2, 0.25) is 10.0 Å². The molecule has 1 heterocycles. The fourth-order valence-corrected chi connectivity index (χ4v) is 4.54. The number of rotatable bonds is 7. The quantitative estimate of drug-likeness (QED) is 0.374. The molecule has 0 atom stereocenters. The number of anilines is 1. The van der Waals surface area contributed by atoms with Crippen molar-refractivity contribution < 1.29 is 13.2 Å². The first-order chi connectivity index (χ1) is 15.5. The Morgan fingerprint density at radius 1 is 1.06 bits per heavy atom. The molecular formula is C23H24Cl2N4O3S. The highest BCUT2D eigenvalue weighted by Crippen LogP contribution is 2.27. The van der Waals surface area contributed by atoms with Crippen molar-refractivity contribution in [1.29, 1.82) is 0 Å². The second-order valence-electron chi connectivity index (χ2n) is 7.66. The van der Waals surface area contributed by atoms with Crippen LogP contribution in [-0.4, -0.2) is 37.9 Å². The number of hydrazone groups is 1. The van der Waals surface area contributed by atoms with E-state index < -0.39 is 15.9 Å². The van der Waals surface area contributed by atoms with Gasteiger partial charge >= 0.3 is 0 Å². The third-order valence-electron chi connectivity index (χ3n) is 5.03. The van der Waals surface area contributed by atoms with Gasteiger partial charge in [0.1, 0.15) is 6.54 Å². The number of sulfonamides is 1. The molecule has 0 aliphatic heterocycles. The van der Waals surface area contributed by atoms with Crippen LogP contribution in [0.4, 0.5) is 5.69 Å². The molecule has 3 rings (SSSR count). The highest BCUT2D eigenvalue weighted by molar-refractivity contribution is 7.92. The Labute approximate surface area is 203 Å². The highest BCUT2D eigenvalue weighted by atomic mass is 35.5. The van der Waals surface area contributed by atoms with Crippen LogP contribution in [0.25, 0.3) is 5.69 Å². The maximum atomic E-state index is 12.4. The molecule has 7 nitrogen and oxygen atoms in total. The van der Waals surface area contributed by atoms with Crippen LogP contribution in [-0.2, 0) is 14.8 Å². The lowest BCUT2D eigenvalue weighted by Crippen LogP contribution is -2.39. The number of nitrogens with one attached hydrogen (secondary N) is 1. The maximum Gasteiger partial charge on any atom is 0.260 e. The largest absolute Gasteiger partial charge is 0.318 e. The van der Waals surface area contributed by atoms with Crippen molar-refractivity contribution in [2.24, 2.45) is 5.10 Å². The molecule has 33 heavy (non-hydrogen) atoms. The van der Waals surface area contributed by atoms with Gasteiger partial charge in [0.15, 0.2) is 0 Å². The number of aryl methyl sites for hydroxylation is 2. The first-order valence-corrected chi connectivity index (χ1v) is 12.6. The lowest BCUT2D eigenvalue weighted by molar-refractivity contribution is -0.119. The summed E-state index contributed by atoms with van der Waals surface area (Å²) in [5, 5.41) is 4.94. The number of carbonyl (C=O) groups excluding carboxylic acids is 1. The van der Waals surface area contributed by atoms with Gasteiger partial charge in [-0.05, 0) is 57.2 Å². The van der Waals surface area contributed by atoms with Crippen LogP contribution in [0.15, 0.2) is 53.6 Å². The molecule has 1 N–H and O–H groups in total. The molecule has 1 amide bonds. The molecule has 0 radical (unpaired) electrons.